The molecule has 2 N–H and O–H groups in total. The molecule has 182 valence electrons. The average molecular weight is 484 g/mol. The zero-order valence-electron chi connectivity index (χ0n) is 18.8. The van der Waals surface area contributed by atoms with Crippen LogP contribution in [0.25, 0.3) is 11.0 Å². The molecule has 0 aliphatic carbocycles. The Kier molecular flexibility index (Phi) is 7.99. The minimum Gasteiger partial charge on any atom is -0.351 e. The molecule has 2 aromatic rings. The maximum Gasteiger partial charge on any atom is 0.269 e. The first kappa shape index (κ1) is 24.1. The quantitative estimate of drug-likeness (QED) is 0.586. The van der Waals surface area contributed by atoms with Gasteiger partial charge >= 0.3 is 0 Å². The number of piperazine rings is 1. The number of fused-ring (bicyclic) bond motifs is 1. The molecule has 0 spiro atoms. The van der Waals surface area contributed by atoms with Crippen LogP contribution in [0.4, 0.5) is 14.7 Å². The summed E-state index contributed by atoms with van der Waals surface area (Å²) in [5, 5.41) is 3.61. The Labute approximate surface area is 194 Å². The molecule has 9 nitrogen and oxygen atoms in total. The second-order valence-corrected chi connectivity index (χ2v) is 10.3. The van der Waals surface area contributed by atoms with E-state index in [2.05, 4.69) is 37.1 Å². The number of likely N-dealkylation sites (N-methyl/N-ethyl adjacent to an activating group) is 1. The lowest BCUT2D eigenvalue weighted by atomic mass is 10.1. The monoisotopic (exact) mass is 483 g/mol. The van der Waals surface area contributed by atoms with Crippen LogP contribution >= 0.6 is 0 Å². The molecule has 0 bridgehead atoms. The van der Waals surface area contributed by atoms with Crippen molar-refractivity contribution in [3.63, 3.8) is 0 Å². The third-order valence-electron chi connectivity index (χ3n) is 6.32. The summed E-state index contributed by atoms with van der Waals surface area (Å²) in [6, 6.07) is 1.24. The van der Waals surface area contributed by atoms with Crippen LogP contribution in [0.5, 0.6) is 0 Å². The highest BCUT2D eigenvalue weighted by atomic mass is 32.2. The molecule has 2 saturated heterocycles. The van der Waals surface area contributed by atoms with E-state index >= 15 is 0 Å². The van der Waals surface area contributed by atoms with Gasteiger partial charge in [-0.25, -0.2) is 22.3 Å². The summed E-state index contributed by atoms with van der Waals surface area (Å²) in [7, 11) is 1.17. The number of pyridine rings is 1. The highest BCUT2D eigenvalue weighted by Gasteiger charge is 2.24. The van der Waals surface area contributed by atoms with Crippen LogP contribution in [0.15, 0.2) is 17.1 Å². The Morgan fingerprint density at radius 1 is 1.21 bits per heavy atom. The van der Waals surface area contributed by atoms with Gasteiger partial charge in [-0.2, -0.15) is 4.98 Å². The summed E-state index contributed by atoms with van der Waals surface area (Å²) in [6.45, 7) is 6.80. The van der Waals surface area contributed by atoms with Crippen LogP contribution < -0.4 is 10.9 Å². The van der Waals surface area contributed by atoms with Crippen molar-refractivity contribution in [2.24, 2.45) is 0 Å². The minimum atomic E-state index is -2.85. The maximum absolute atomic E-state index is 12.9. The van der Waals surface area contributed by atoms with E-state index in [4.69, 9.17) is 0 Å². The van der Waals surface area contributed by atoms with Crippen LogP contribution in [-0.4, -0.2) is 97.9 Å². The number of anilines is 1. The smallest absolute Gasteiger partial charge is 0.269 e. The Balaban J connectivity index is 1.23. The van der Waals surface area contributed by atoms with Gasteiger partial charge in [0.1, 0.15) is 5.65 Å². The van der Waals surface area contributed by atoms with Crippen LogP contribution in [0.1, 0.15) is 31.3 Å². The van der Waals surface area contributed by atoms with Gasteiger partial charge in [0.25, 0.3) is 12.0 Å². The van der Waals surface area contributed by atoms with Crippen molar-refractivity contribution in [1.82, 2.24) is 29.1 Å². The van der Waals surface area contributed by atoms with Gasteiger partial charge in [-0.1, -0.05) is 0 Å². The number of rotatable bonds is 8. The molecular weight excluding hydrogens is 452 g/mol. The number of hydrogen-bond acceptors (Lipinski definition) is 7. The van der Waals surface area contributed by atoms with E-state index in [-0.39, 0.29) is 11.7 Å². The Morgan fingerprint density at radius 3 is 2.64 bits per heavy atom. The molecule has 33 heavy (non-hydrogen) atoms. The largest absolute Gasteiger partial charge is 0.351 e. The number of hydrogen-bond donors (Lipinski definition) is 2. The van der Waals surface area contributed by atoms with Crippen molar-refractivity contribution >= 4 is 28.0 Å². The third kappa shape index (κ3) is 6.31. The molecular formula is C21H31F2N7O2S. The van der Waals surface area contributed by atoms with E-state index in [1.165, 1.54) is 6.20 Å². The third-order valence-corrected chi connectivity index (χ3v) is 7.90. The van der Waals surface area contributed by atoms with Gasteiger partial charge in [0.2, 0.25) is 5.95 Å². The lowest BCUT2D eigenvalue weighted by molar-refractivity contribution is 0.150. The summed E-state index contributed by atoms with van der Waals surface area (Å²) in [6.07, 6.45) is 1.11. The molecule has 1 unspecified atom stereocenters. The molecule has 1 atom stereocenters. The number of halogens is 2. The van der Waals surface area contributed by atoms with E-state index in [0.717, 1.165) is 71.1 Å². The zero-order chi connectivity index (χ0) is 23.4. The minimum absolute atomic E-state index is 0.119. The predicted molar refractivity (Wildman–Crippen MR) is 125 cm³/mol. The molecule has 2 aromatic heterocycles. The van der Waals surface area contributed by atoms with Gasteiger partial charge in [-0.15, -0.1) is 0 Å². The normalized spacial score (nSPS) is 20.5. The molecule has 4 rings (SSSR count). The Bertz CT molecular complexity index is 1020. The lowest BCUT2D eigenvalue weighted by Gasteiger charge is -2.33. The van der Waals surface area contributed by atoms with Gasteiger partial charge in [-0.05, 0) is 38.9 Å². The van der Waals surface area contributed by atoms with Crippen LogP contribution in [-0.2, 0) is 11.0 Å². The van der Waals surface area contributed by atoms with E-state index in [1.54, 1.807) is 0 Å². The number of aromatic amines is 1. The van der Waals surface area contributed by atoms with Crippen molar-refractivity contribution in [1.29, 1.82) is 0 Å². The van der Waals surface area contributed by atoms with Crippen molar-refractivity contribution in [3.05, 3.63) is 28.2 Å². The summed E-state index contributed by atoms with van der Waals surface area (Å²) in [5.41, 5.74) is -1.21. The van der Waals surface area contributed by atoms with Gasteiger partial charge in [0, 0.05) is 62.6 Å². The van der Waals surface area contributed by atoms with E-state index in [9.17, 15) is 17.8 Å². The van der Waals surface area contributed by atoms with E-state index in [1.807, 2.05) is 4.31 Å². The molecule has 4 heterocycles. The summed E-state index contributed by atoms with van der Waals surface area (Å²) in [5.74, 6) is 1.03. The first-order valence-corrected chi connectivity index (χ1v) is 12.7. The van der Waals surface area contributed by atoms with Crippen LogP contribution in [0.3, 0.4) is 0 Å². The molecule has 0 amide bonds. The van der Waals surface area contributed by atoms with E-state index in [0.29, 0.717) is 17.1 Å². The molecule has 2 aliphatic heterocycles. The number of H-pyrrole nitrogens is 1. The fourth-order valence-corrected chi connectivity index (χ4v) is 5.49. The molecule has 0 aromatic carbocycles. The first-order valence-electron chi connectivity index (χ1n) is 11.4. The lowest BCUT2D eigenvalue weighted by Crippen LogP contribution is -2.45. The summed E-state index contributed by atoms with van der Waals surface area (Å²) < 4.78 is 40.5. The van der Waals surface area contributed by atoms with Crippen molar-refractivity contribution in [3.8, 4) is 0 Å². The Hall–Kier alpha value is -2.02. The predicted octanol–water partition coefficient (Wildman–Crippen LogP) is 1.43. The van der Waals surface area contributed by atoms with Crippen molar-refractivity contribution in [2.45, 2.75) is 31.7 Å². The number of nitrogens with zero attached hydrogens (tertiary/aromatic N) is 5. The molecule has 2 aliphatic rings. The molecule has 0 saturated carbocycles. The van der Waals surface area contributed by atoms with Crippen LogP contribution in [0.2, 0.25) is 0 Å². The topological polar surface area (TPSA) is 97.5 Å². The number of piperidine rings is 1. The summed E-state index contributed by atoms with van der Waals surface area (Å²) in [4.78, 5) is 27.5. The fourth-order valence-electron chi connectivity index (χ4n) is 4.24. The number of nitrogens with one attached hydrogen (secondary N) is 2. The molecule has 12 heteroatoms. The highest BCUT2D eigenvalue weighted by Crippen LogP contribution is 2.20. The standard InChI is InChI=1S/C21H31F2N7O2S/c1-28-8-10-29(11-9-28)5-2-12-33(32)30-6-3-16(4-7-30)25-21-24-14-15-13-17(18(22)23)20(31)26-19(15)27-21/h13-14,16,18H,2-12H2,1H3,(H2,24,25,26,27,31). The summed E-state index contributed by atoms with van der Waals surface area (Å²) >= 11 is 0. The second kappa shape index (κ2) is 10.9. The van der Waals surface area contributed by atoms with Gasteiger partial charge in [-0.3, -0.25) is 4.79 Å². The zero-order valence-corrected chi connectivity index (χ0v) is 19.6. The molecule has 0 radical (unpaired) electrons. The van der Waals surface area contributed by atoms with E-state index < -0.39 is 28.5 Å². The Morgan fingerprint density at radius 2 is 1.94 bits per heavy atom. The van der Waals surface area contributed by atoms with Crippen molar-refractivity contribution in [2.75, 3.05) is 63.9 Å². The number of aromatic nitrogens is 3. The first-order chi connectivity index (χ1) is 15.9. The van der Waals surface area contributed by atoms with Crippen LogP contribution in [0, 0.1) is 0 Å². The SMILES string of the molecule is CN1CCN(CCCS(=O)N2CCC(Nc3ncc4cc(C(F)F)c(=O)[nH]c4n3)CC2)CC1. The number of alkyl halides is 2. The van der Waals surface area contributed by atoms with Crippen molar-refractivity contribution < 1.29 is 13.0 Å². The van der Waals surface area contributed by atoms with Gasteiger partial charge in [0.05, 0.1) is 16.5 Å². The average Bonchev–Trinajstić information content (AvgIpc) is 2.80. The van der Waals surface area contributed by atoms with Gasteiger partial charge in [0.15, 0.2) is 0 Å². The molecule has 2 fully saturated rings. The fraction of sp³-hybridized carbons (Fsp3) is 0.667. The second-order valence-electron chi connectivity index (χ2n) is 8.72. The maximum atomic E-state index is 12.9. The highest BCUT2D eigenvalue weighted by molar-refractivity contribution is 7.82. The van der Waals surface area contributed by atoms with Gasteiger partial charge < -0.3 is 20.1 Å².